The van der Waals surface area contributed by atoms with Crippen LogP contribution in [0.4, 0.5) is 18.9 Å². The quantitative estimate of drug-likeness (QED) is 0.487. The van der Waals surface area contributed by atoms with Crippen molar-refractivity contribution in [1.29, 1.82) is 0 Å². The lowest BCUT2D eigenvalue weighted by Crippen LogP contribution is -2.37. The van der Waals surface area contributed by atoms with E-state index in [1.54, 1.807) is 43.3 Å². The first kappa shape index (κ1) is 23.8. The van der Waals surface area contributed by atoms with E-state index >= 15 is 0 Å². The molecule has 0 aromatic heterocycles. The van der Waals surface area contributed by atoms with E-state index in [1.807, 2.05) is 0 Å². The Morgan fingerprint density at radius 2 is 1.69 bits per heavy atom. The third-order valence-corrected chi connectivity index (χ3v) is 6.58. The summed E-state index contributed by atoms with van der Waals surface area (Å²) in [4.78, 5) is 12.5. The number of benzene rings is 3. The van der Waals surface area contributed by atoms with Gasteiger partial charge in [-0.15, -0.1) is 0 Å². The second kappa shape index (κ2) is 9.72. The maximum Gasteiger partial charge on any atom is 0.243 e. The molecular weight excluding hydrogens is 465 g/mol. The summed E-state index contributed by atoms with van der Waals surface area (Å²) in [6, 6.07) is 14.0. The minimum Gasteiger partial charge on any atom is -0.322 e. The van der Waals surface area contributed by atoms with Crippen LogP contribution >= 0.6 is 11.6 Å². The Morgan fingerprint density at radius 1 is 1.00 bits per heavy atom. The first-order chi connectivity index (χ1) is 15.1. The highest BCUT2D eigenvalue weighted by Crippen LogP contribution is 2.22. The molecule has 0 radical (unpaired) electrons. The van der Waals surface area contributed by atoms with Gasteiger partial charge in [0.25, 0.3) is 0 Å². The van der Waals surface area contributed by atoms with Crippen LogP contribution in [0.25, 0.3) is 0 Å². The molecule has 10 heteroatoms. The van der Waals surface area contributed by atoms with Crippen LogP contribution in [0.15, 0.2) is 65.6 Å². The molecule has 3 aromatic carbocycles. The zero-order valence-corrected chi connectivity index (χ0v) is 18.4. The summed E-state index contributed by atoms with van der Waals surface area (Å²) in [5, 5.41) is 2.46. The fraction of sp³-hybridized carbons (Fsp3) is 0.136. The fourth-order valence-corrected chi connectivity index (χ4v) is 4.49. The number of nitrogens with one attached hydrogen (secondary N) is 1. The summed E-state index contributed by atoms with van der Waals surface area (Å²) in [5.41, 5.74) is 0.751. The Labute approximate surface area is 188 Å². The Morgan fingerprint density at radius 3 is 2.34 bits per heavy atom. The molecular formula is C22H18ClF3N2O3S. The number of nitrogens with zero attached hydrogens (tertiary/aromatic N) is 1. The molecule has 0 aliphatic rings. The Kier molecular flexibility index (Phi) is 7.22. The zero-order chi connectivity index (χ0) is 23.5. The lowest BCUT2D eigenvalue weighted by molar-refractivity contribution is -0.116. The topological polar surface area (TPSA) is 66.5 Å². The van der Waals surface area contributed by atoms with Crippen molar-refractivity contribution in [3.05, 3.63) is 94.3 Å². The number of aryl methyl sites for hydroxylation is 1. The molecule has 0 fully saturated rings. The van der Waals surface area contributed by atoms with Gasteiger partial charge in [-0.3, -0.25) is 4.79 Å². The van der Waals surface area contributed by atoms with Crippen LogP contribution in [0, 0.1) is 24.4 Å². The van der Waals surface area contributed by atoms with Gasteiger partial charge in [-0.2, -0.15) is 4.31 Å². The highest BCUT2D eigenvalue weighted by molar-refractivity contribution is 7.89. The number of carbonyl (C=O) groups excluding carboxylic acids is 1. The molecule has 0 saturated heterocycles. The van der Waals surface area contributed by atoms with Gasteiger partial charge in [-0.25, -0.2) is 21.6 Å². The lowest BCUT2D eigenvalue weighted by atomic mass is 10.2. The molecule has 0 aliphatic heterocycles. The molecule has 3 aromatic rings. The van der Waals surface area contributed by atoms with Crippen molar-refractivity contribution in [2.75, 3.05) is 11.9 Å². The average Bonchev–Trinajstić information content (AvgIpc) is 2.74. The Balaban J connectivity index is 1.90. The van der Waals surface area contributed by atoms with E-state index < -0.39 is 45.6 Å². The monoisotopic (exact) mass is 482 g/mol. The van der Waals surface area contributed by atoms with Crippen LogP contribution in [0.3, 0.4) is 0 Å². The summed E-state index contributed by atoms with van der Waals surface area (Å²) in [6.45, 7) is 0.884. The summed E-state index contributed by atoms with van der Waals surface area (Å²) in [7, 11) is -4.14. The summed E-state index contributed by atoms with van der Waals surface area (Å²) >= 11 is 5.98. The van der Waals surface area contributed by atoms with Gasteiger partial charge in [-0.05, 0) is 48.9 Å². The maximum atomic E-state index is 13.9. The molecule has 0 saturated carbocycles. The third-order valence-electron chi connectivity index (χ3n) is 4.54. The molecule has 1 amide bonds. The van der Waals surface area contributed by atoms with Gasteiger partial charge in [-0.1, -0.05) is 41.4 Å². The minimum absolute atomic E-state index is 0.0445. The molecule has 0 bridgehead atoms. The molecule has 1 N–H and O–H groups in total. The first-order valence-electron chi connectivity index (χ1n) is 9.32. The number of carbonyl (C=O) groups is 1. The van der Waals surface area contributed by atoms with Crippen molar-refractivity contribution >= 4 is 33.2 Å². The fourth-order valence-electron chi connectivity index (χ4n) is 2.90. The maximum absolute atomic E-state index is 13.9. The molecule has 0 aliphatic carbocycles. The van der Waals surface area contributed by atoms with Gasteiger partial charge in [0.2, 0.25) is 15.9 Å². The van der Waals surface area contributed by atoms with E-state index in [0.29, 0.717) is 16.7 Å². The Hall–Kier alpha value is -2.88. The third kappa shape index (κ3) is 5.48. The molecule has 0 atom stereocenters. The molecule has 5 nitrogen and oxygen atoms in total. The van der Waals surface area contributed by atoms with Crippen LogP contribution in [0.2, 0.25) is 5.02 Å². The number of sulfonamides is 1. The molecule has 0 unspecified atom stereocenters. The molecule has 3 rings (SSSR count). The van der Waals surface area contributed by atoms with E-state index in [2.05, 4.69) is 5.32 Å². The molecule has 0 spiro atoms. The van der Waals surface area contributed by atoms with Crippen molar-refractivity contribution in [2.24, 2.45) is 0 Å². The summed E-state index contributed by atoms with van der Waals surface area (Å²) < 4.78 is 67.8. The smallest absolute Gasteiger partial charge is 0.243 e. The highest BCUT2D eigenvalue weighted by Gasteiger charge is 2.27. The van der Waals surface area contributed by atoms with Gasteiger partial charge < -0.3 is 5.32 Å². The van der Waals surface area contributed by atoms with Crippen molar-refractivity contribution in [3.63, 3.8) is 0 Å². The largest absolute Gasteiger partial charge is 0.322 e. The summed E-state index contributed by atoms with van der Waals surface area (Å²) in [6.07, 6.45) is 0. The van der Waals surface area contributed by atoms with Gasteiger partial charge in [0, 0.05) is 11.6 Å². The lowest BCUT2D eigenvalue weighted by Gasteiger charge is -2.22. The normalized spacial score (nSPS) is 11.6. The van der Waals surface area contributed by atoms with Crippen LogP contribution in [0.5, 0.6) is 0 Å². The van der Waals surface area contributed by atoms with Gasteiger partial charge >= 0.3 is 0 Å². The molecule has 168 valence electrons. The van der Waals surface area contributed by atoms with Crippen LogP contribution in [-0.2, 0) is 21.4 Å². The number of amides is 1. The summed E-state index contributed by atoms with van der Waals surface area (Å²) in [5.74, 6) is -5.68. The van der Waals surface area contributed by atoms with Gasteiger partial charge in [0.1, 0.15) is 0 Å². The Bertz CT molecular complexity index is 1250. The number of rotatable bonds is 7. The molecule has 32 heavy (non-hydrogen) atoms. The first-order valence-corrected chi connectivity index (χ1v) is 11.1. The van der Waals surface area contributed by atoms with Crippen molar-refractivity contribution in [2.45, 2.75) is 18.4 Å². The van der Waals surface area contributed by atoms with Crippen molar-refractivity contribution < 1.29 is 26.4 Å². The number of hydrogen-bond acceptors (Lipinski definition) is 3. The van der Waals surface area contributed by atoms with E-state index in [4.69, 9.17) is 11.6 Å². The number of hydrogen-bond donors (Lipinski definition) is 1. The second-order valence-electron chi connectivity index (χ2n) is 6.99. The second-order valence-corrected chi connectivity index (χ2v) is 9.36. The van der Waals surface area contributed by atoms with Crippen molar-refractivity contribution in [1.82, 2.24) is 4.31 Å². The SMILES string of the molecule is Cc1ccc(S(=O)(=O)N(CC(=O)Nc2ccc(F)c(F)c2F)Cc2cccc(Cl)c2)cc1. The average molecular weight is 483 g/mol. The predicted octanol–water partition coefficient (Wildman–Crippen LogP) is 4.90. The predicted molar refractivity (Wildman–Crippen MR) is 115 cm³/mol. The van der Waals surface area contributed by atoms with Crippen molar-refractivity contribution in [3.8, 4) is 0 Å². The van der Waals surface area contributed by atoms with E-state index in [1.165, 1.54) is 12.1 Å². The zero-order valence-electron chi connectivity index (χ0n) is 16.8. The van der Waals surface area contributed by atoms with Crippen LogP contribution < -0.4 is 5.32 Å². The number of anilines is 1. The minimum atomic E-state index is -4.14. The standard InChI is InChI=1S/C22H18ClF3N2O3S/c1-14-5-7-17(8-6-14)32(30,31)28(12-15-3-2-4-16(23)11-15)13-20(29)27-19-10-9-18(24)21(25)22(19)26/h2-11H,12-13H2,1H3,(H,27,29). The van der Waals surface area contributed by atoms with E-state index in [9.17, 15) is 26.4 Å². The van der Waals surface area contributed by atoms with Gasteiger partial charge in [0.05, 0.1) is 17.1 Å². The van der Waals surface area contributed by atoms with Gasteiger partial charge in [0.15, 0.2) is 17.5 Å². The van der Waals surface area contributed by atoms with Crippen LogP contribution in [0.1, 0.15) is 11.1 Å². The molecule has 0 heterocycles. The number of halogens is 4. The van der Waals surface area contributed by atoms with Crippen LogP contribution in [-0.4, -0.2) is 25.2 Å². The van der Waals surface area contributed by atoms with E-state index in [0.717, 1.165) is 15.9 Å². The van der Waals surface area contributed by atoms with E-state index in [-0.39, 0.29) is 11.4 Å². The highest BCUT2D eigenvalue weighted by atomic mass is 35.5.